The van der Waals surface area contributed by atoms with Crippen LogP contribution in [0.2, 0.25) is 0 Å². The third kappa shape index (κ3) is 1.95. The van der Waals surface area contributed by atoms with Crippen molar-refractivity contribution in [2.24, 2.45) is 0 Å². The minimum atomic E-state index is -0.0919. The van der Waals surface area contributed by atoms with Crippen molar-refractivity contribution in [3.8, 4) is 5.69 Å². The molecule has 1 aromatic carbocycles. The van der Waals surface area contributed by atoms with Gasteiger partial charge in [0, 0.05) is 6.20 Å². The van der Waals surface area contributed by atoms with Crippen molar-refractivity contribution in [3.05, 3.63) is 64.5 Å². The molecule has 0 bridgehead atoms. The Balaban J connectivity index is 2.11. The third-order valence-corrected chi connectivity index (χ3v) is 4.09. The number of hydrogen-bond donors (Lipinski definition) is 0. The van der Waals surface area contributed by atoms with Gasteiger partial charge in [0.05, 0.1) is 22.3 Å². The average Bonchev–Trinajstić information content (AvgIpc) is 3.03. The van der Waals surface area contributed by atoms with E-state index in [4.69, 9.17) is 0 Å². The zero-order valence-corrected chi connectivity index (χ0v) is 12.9. The minimum Gasteiger partial charge on any atom is -0.283 e. The topological polar surface area (TPSA) is 65.1 Å². The number of rotatable bonds is 2. The summed E-state index contributed by atoms with van der Waals surface area (Å²) in [6.45, 7) is 3.91. The average molecular weight is 305 g/mol. The van der Waals surface area contributed by atoms with Crippen LogP contribution in [0.1, 0.15) is 18.2 Å². The van der Waals surface area contributed by atoms with E-state index in [2.05, 4.69) is 22.0 Å². The fourth-order valence-electron chi connectivity index (χ4n) is 2.96. The highest BCUT2D eigenvalue weighted by molar-refractivity contribution is 5.82. The minimum absolute atomic E-state index is 0.0919. The normalized spacial score (nSPS) is 11.4. The van der Waals surface area contributed by atoms with Gasteiger partial charge >= 0.3 is 0 Å². The maximum Gasteiger partial charge on any atom is 0.266 e. The Kier molecular flexibility index (Phi) is 2.97. The van der Waals surface area contributed by atoms with Crippen molar-refractivity contribution >= 4 is 16.7 Å². The van der Waals surface area contributed by atoms with Gasteiger partial charge in [-0.25, -0.2) is 4.98 Å². The highest BCUT2D eigenvalue weighted by atomic mass is 16.1. The number of benzene rings is 1. The molecule has 0 spiro atoms. The van der Waals surface area contributed by atoms with Crippen LogP contribution in [0.15, 0.2) is 47.7 Å². The van der Waals surface area contributed by atoms with E-state index in [9.17, 15) is 4.79 Å². The second-order valence-corrected chi connectivity index (χ2v) is 5.40. The molecular formula is C17H15N5O. The maximum absolute atomic E-state index is 13.0. The number of para-hydroxylation sites is 1. The lowest BCUT2D eigenvalue weighted by Crippen LogP contribution is -2.21. The number of fused-ring (bicyclic) bond motifs is 3. The van der Waals surface area contributed by atoms with E-state index >= 15 is 0 Å². The molecule has 0 unspecified atom stereocenters. The lowest BCUT2D eigenvalue weighted by Gasteiger charge is -2.12. The molecule has 0 amide bonds. The van der Waals surface area contributed by atoms with Gasteiger partial charge in [0.15, 0.2) is 0 Å². The second kappa shape index (κ2) is 5.01. The molecular weight excluding hydrogens is 290 g/mol. The van der Waals surface area contributed by atoms with Crippen LogP contribution in [0.3, 0.4) is 0 Å². The van der Waals surface area contributed by atoms with E-state index in [-0.39, 0.29) is 5.56 Å². The summed E-state index contributed by atoms with van der Waals surface area (Å²) >= 11 is 0. The van der Waals surface area contributed by atoms with Gasteiger partial charge in [0.2, 0.25) is 0 Å². The molecule has 0 radical (unpaired) electrons. The number of aromatic nitrogens is 5. The summed E-state index contributed by atoms with van der Waals surface area (Å²) in [6, 6.07) is 9.82. The van der Waals surface area contributed by atoms with Crippen molar-refractivity contribution < 1.29 is 0 Å². The first-order valence-corrected chi connectivity index (χ1v) is 7.50. The zero-order valence-electron chi connectivity index (χ0n) is 12.9. The fourth-order valence-corrected chi connectivity index (χ4v) is 2.96. The molecule has 4 aromatic rings. The smallest absolute Gasteiger partial charge is 0.266 e. The molecule has 0 aliphatic carbocycles. The second-order valence-electron chi connectivity index (χ2n) is 5.40. The zero-order chi connectivity index (χ0) is 16.0. The summed E-state index contributed by atoms with van der Waals surface area (Å²) in [4.78, 5) is 21.5. The lowest BCUT2D eigenvalue weighted by atomic mass is 10.1. The molecule has 0 saturated heterocycles. The molecule has 23 heavy (non-hydrogen) atoms. The number of hydrogen-bond acceptors (Lipinski definition) is 4. The molecule has 6 nitrogen and oxygen atoms in total. The Morgan fingerprint density at radius 1 is 1.17 bits per heavy atom. The van der Waals surface area contributed by atoms with Crippen LogP contribution in [0, 0.1) is 6.92 Å². The summed E-state index contributed by atoms with van der Waals surface area (Å²) in [7, 11) is 0. The first-order valence-electron chi connectivity index (χ1n) is 7.50. The molecule has 0 fully saturated rings. The Bertz CT molecular complexity index is 1090. The lowest BCUT2D eigenvalue weighted by molar-refractivity contribution is 0.937. The first-order chi connectivity index (χ1) is 11.2. The Morgan fingerprint density at radius 2 is 2.00 bits per heavy atom. The van der Waals surface area contributed by atoms with Gasteiger partial charge in [-0.1, -0.05) is 25.1 Å². The van der Waals surface area contributed by atoms with Crippen LogP contribution in [0.4, 0.5) is 0 Å². The largest absolute Gasteiger partial charge is 0.283 e. The van der Waals surface area contributed by atoms with E-state index in [1.165, 1.54) is 6.33 Å². The molecule has 114 valence electrons. The summed E-state index contributed by atoms with van der Waals surface area (Å²) in [5.74, 6) is 0.501. The first kappa shape index (κ1) is 13.6. The van der Waals surface area contributed by atoms with E-state index < -0.39 is 0 Å². The summed E-state index contributed by atoms with van der Waals surface area (Å²) < 4.78 is 3.28. The molecule has 6 heteroatoms. The molecule has 0 atom stereocenters. The van der Waals surface area contributed by atoms with Gasteiger partial charge in [-0.15, -0.1) is 0 Å². The van der Waals surface area contributed by atoms with Crippen molar-refractivity contribution in [2.75, 3.05) is 0 Å². The Hall–Kier alpha value is -3.02. The van der Waals surface area contributed by atoms with Gasteiger partial charge in [-0.2, -0.15) is 14.6 Å². The van der Waals surface area contributed by atoms with Gasteiger partial charge < -0.3 is 0 Å². The van der Waals surface area contributed by atoms with Gasteiger partial charge in [-0.05, 0) is 31.0 Å². The van der Waals surface area contributed by atoms with E-state index in [0.29, 0.717) is 16.9 Å². The van der Waals surface area contributed by atoms with Crippen LogP contribution in [0.5, 0.6) is 0 Å². The third-order valence-electron chi connectivity index (χ3n) is 4.09. The van der Waals surface area contributed by atoms with E-state index in [0.717, 1.165) is 23.2 Å². The molecule has 0 saturated carbocycles. The Labute approximate surface area is 132 Å². The number of nitrogens with zero attached hydrogens (tertiary/aromatic N) is 5. The van der Waals surface area contributed by atoms with Crippen molar-refractivity contribution in [1.29, 1.82) is 0 Å². The van der Waals surface area contributed by atoms with Crippen LogP contribution in [0.25, 0.3) is 22.4 Å². The van der Waals surface area contributed by atoms with Crippen LogP contribution in [-0.4, -0.2) is 24.1 Å². The number of aryl methyl sites for hydroxylation is 2. The van der Waals surface area contributed by atoms with Crippen LogP contribution in [-0.2, 0) is 6.42 Å². The summed E-state index contributed by atoms with van der Waals surface area (Å²) in [5, 5.41) is 4.73. The molecule has 0 N–H and O–H groups in total. The van der Waals surface area contributed by atoms with Crippen molar-refractivity contribution in [2.45, 2.75) is 20.3 Å². The molecule has 3 heterocycles. The summed E-state index contributed by atoms with van der Waals surface area (Å²) in [5.41, 5.74) is 3.32. The quantitative estimate of drug-likeness (QED) is 0.570. The van der Waals surface area contributed by atoms with Crippen LogP contribution >= 0.6 is 0 Å². The highest BCUT2D eigenvalue weighted by Crippen LogP contribution is 2.18. The SMILES string of the molecule is CCc1ccccc1-n1ccc2c(c(C)nc3ncnn32)c1=O. The monoisotopic (exact) mass is 305 g/mol. The maximum atomic E-state index is 13.0. The van der Waals surface area contributed by atoms with Gasteiger partial charge in [0.1, 0.15) is 6.33 Å². The van der Waals surface area contributed by atoms with Crippen molar-refractivity contribution in [1.82, 2.24) is 24.1 Å². The van der Waals surface area contributed by atoms with E-state index in [1.54, 1.807) is 15.3 Å². The Morgan fingerprint density at radius 3 is 2.83 bits per heavy atom. The number of pyridine rings is 1. The van der Waals surface area contributed by atoms with Crippen molar-refractivity contribution in [3.63, 3.8) is 0 Å². The molecule has 0 aliphatic rings. The fraction of sp³-hybridized carbons (Fsp3) is 0.176. The highest BCUT2D eigenvalue weighted by Gasteiger charge is 2.14. The molecule has 4 rings (SSSR count). The standard InChI is InChI=1S/C17H15N5O/c1-3-12-6-4-5-7-13(12)21-9-8-14-15(16(21)23)11(2)20-17-18-10-19-22(14)17/h4-10H,3H2,1-2H3. The molecule has 3 aromatic heterocycles. The van der Waals surface area contributed by atoms with E-state index in [1.807, 2.05) is 37.3 Å². The van der Waals surface area contributed by atoms with Crippen LogP contribution < -0.4 is 5.56 Å². The predicted octanol–water partition coefficient (Wildman–Crippen LogP) is 2.30. The predicted molar refractivity (Wildman–Crippen MR) is 88.0 cm³/mol. The van der Waals surface area contributed by atoms with Gasteiger partial charge in [0.25, 0.3) is 11.3 Å². The molecule has 0 aliphatic heterocycles. The van der Waals surface area contributed by atoms with Gasteiger partial charge in [-0.3, -0.25) is 9.36 Å². The summed E-state index contributed by atoms with van der Waals surface area (Å²) in [6.07, 6.45) is 4.10.